The lowest BCUT2D eigenvalue weighted by Gasteiger charge is -2.05. The number of benzene rings is 1. The zero-order valence-electron chi connectivity index (χ0n) is 13.1. The molecule has 4 aromatic rings. The number of halogens is 2. The molecule has 0 saturated carbocycles. The van der Waals surface area contributed by atoms with Crippen LogP contribution in [0.3, 0.4) is 0 Å². The summed E-state index contributed by atoms with van der Waals surface area (Å²) in [5.41, 5.74) is 4.80. The van der Waals surface area contributed by atoms with E-state index in [1.165, 1.54) is 0 Å². The number of rotatable bonds is 3. The van der Waals surface area contributed by atoms with Crippen molar-refractivity contribution in [3.8, 4) is 22.5 Å². The molecule has 3 aromatic heterocycles. The van der Waals surface area contributed by atoms with Crippen LogP contribution in [-0.2, 0) is 0 Å². The van der Waals surface area contributed by atoms with Crippen molar-refractivity contribution in [1.29, 1.82) is 0 Å². The normalized spacial score (nSPS) is 9.92. The maximum atomic E-state index is 11.4. The number of hydrogen-bond donors (Lipinski definition) is 0. The van der Waals surface area contributed by atoms with Gasteiger partial charge in [0, 0.05) is 23.5 Å². The molecule has 0 radical (unpaired) electrons. The monoisotopic (exact) mass is 371 g/mol. The number of aromatic nitrogens is 3. The molecule has 0 amide bonds. The smallest absolute Gasteiger partial charge is 0.170 e. The Kier molecular flexibility index (Phi) is 5.91. The van der Waals surface area contributed by atoms with E-state index >= 15 is 0 Å². The van der Waals surface area contributed by atoms with Crippen molar-refractivity contribution < 1.29 is 4.79 Å². The van der Waals surface area contributed by atoms with Crippen molar-refractivity contribution in [2.24, 2.45) is 0 Å². The van der Waals surface area contributed by atoms with E-state index in [4.69, 9.17) is 0 Å². The van der Waals surface area contributed by atoms with Crippen LogP contribution in [0.25, 0.3) is 28.2 Å². The second kappa shape index (κ2) is 7.92. The van der Waals surface area contributed by atoms with Crippen molar-refractivity contribution in [3.63, 3.8) is 0 Å². The zero-order chi connectivity index (χ0) is 15.6. The van der Waals surface area contributed by atoms with Crippen LogP contribution in [0.15, 0.2) is 73.1 Å². The lowest BCUT2D eigenvalue weighted by molar-refractivity contribution is 0.112. The molecule has 0 atom stereocenters. The number of aldehydes is 1. The highest BCUT2D eigenvalue weighted by Crippen LogP contribution is 2.26. The van der Waals surface area contributed by atoms with Crippen LogP contribution in [0.5, 0.6) is 0 Å². The minimum absolute atomic E-state index is 0. The number of carbonyl (C=O) groups excluding carboxylic acids is 1. The number of hydrogen-bond acceptors (Lipinski definition) is 3. The topological polar surface area (TPSA) is 47.3 Å². The Labute approximate surface area is 157 Å². The Morgan fingerprint density at radius 1 is 0.840 bits per heavy atom. The first-order chi connectivity index (χ1) is 11.4. The molecule has 1 aromatic carbocycles. The molecule has 0 spiro atoms. The van der Waals surface area contributed by atoms with Gasteiger partial charge in [-0.15, -0.1) is 24.8 Å². The Balaban J connectivity index is 0.00000113. The van der Waals surface area contributed by atoms with Gasteiger partial charge in [-0.05, 0) is 24.3 Å². The summed E-state index contributed by atoms with van der Waals surface area (Å²) < 4.78 is 1.95. The Morgan fingerprint density at radius 3 is 2.28 bits per heavy atom. The van der Waals surface area contributed by atoms with Crippen molar-refractivity contribution in [3.05, 3.63) is 78.8 Å². The van der Waals surface area contributed by atoms with E-state index in [0.29, 0.717) is 5.69 Å². The highest BCUT2D eigenvalue weighted by molar-refractivity contribution is 5.86. The minimum atomic E-state index is 0. The second-order valence-corrected chi connectivity index (χ2v) is 5.19. The lowest BCUT2D eigenvalue weighted by atomic mass is 10.1. The number of fused-ring (bicyclic) bond motifs is 1. The van der Waals surface area contributed by atoms with Crippen LogP contribution >= 0.6 is 24.8 Å². The molecule has 25 heavy (non-hydrogen) atoms. The Hall–Kier alpha value is -2.69. The number of carbonyl (C=O) groups is 1. The van der Waals surface area contributed by atoms with Crippen molar-refractivity contribution in [2.45, 2.75) is 0 Å². The van der Waals surface area contributed by atoms with E-state index in [9.17, 15) is 4.79 Å². The fraction of sp³-hybridized carbons (Fsp3) is 0. The van der Waals surface area contributed by atoms with Crippen molar-refractivity contribution in [2.75, 3.05) is 0 Å². The molecule has 4 nitrogen and oxygen atoms in total. The van der Waals surface area contributed by atoms with E-state index in [1.54, 1.807) is 6.20 Å². The third kappa shape index (κ3) is 3.40. The second-order valence-electron chi connectivity index (χ2n) is 5.19. The fourth-order valence-electron chi connectivity index (χ4n) is 2.71. The predicted octanol–water partition coefficient (Wildman–Crippen LogP) is 4.72. The molecule has 3 heterocycles. The van der Waals surface area contributed by atoms with Gasteiger partial charge < -0.3 is 0 Å². The van der Waals surface area contributed by atoms with E-state index in [1.807, 2.05) is 71.3 Å². The summed E-state index contributed by atoms with van der Waals surface area (Å²) in [5, 5.41) is 0. The molecular weight excluding hydrogens is 357 g/mol. The SMILES string of the molecule is Cl.Cl.O=Cc1nc2ccc(-c3ccccn3)cn2c1-c1ccccc1. The van der Waals surface area contributed by atoms with Crippen LogP contribution in [-0.4, -0.2) is 20.7 Å². The molecular formula is C19H15Cl2N3O. The lowest BCUT2D eigenvalue weighted by Crippen LogP contribution is -1.92. The summed E-state index contributed by atoms with van der Waals surface area (Å²) in [6.45, 7) is 0. The van der Waals surface area contributed by atoms with Gasteiger partial charge in [0.05, 0.1) is 11.4 Å². The number of pyridine rings is 2. The van der Waals surface area contributed by atoms with Gasteiger partial charge >= 0.3 is 0 Å². The van der Waals surface area contributed by atoms with Gasteiger partial charge in [0.1, 0.15) is 11.3 Å². The van der Waals surface area contributed by atoms with Crippen LogP contribution < -0.4 is 0 Å². The van der Waals surface area contributed by atoms with E-state index in [0.717, 1.165) is 34.4 Å². The maximum absolute atomic E-state index is 11.4. The largest absolute Gasteiger partial charge is 0.298 e. The van der Waals surface area contributed by atoms with Gasteiger partial charge in [-0.2, -0.15) is 0 Å². The average Bonchev–Trinajstić information content (AvgIpc) is 3.01. The first-order valence-corrected chi connectivity index (χ1v) is 7.31. The molecule has 0 aliphatic carbocycles. The Morgan fingerprint density at radius 2 is 1.60 bits per heavy atom. The number of nitrogens with zero attached hydrogens (tertiary/aromatic N) is 3. The first-order valence-electron chi connectivity index (χ1n) is 7.31. The van der Waals surface area contributed by atoms with Gasteiger partial charge in [-0.3, -0.25) is 14.2 Å². The molecule has 4 rings (SSSR count). The third-order valence-electron chi connectivity index (χ3n) is 3.77. The molecule has 0 fully saturated rings. The summed E-state index contributed by atoms with van der Waals surface area (Å²) in [5.74, 6) is 0. The summed E-state index contributed by atoms with van der Waals surface area (Å²) in [7, 11) is 0. The van der Waals surface area contributed by atoms with Crippen molar-refractivity contribution >= 4 is 36.7 Å². The van der Waals surface area contributed by atoms with Gasteiger partial charge in [0.25, 0.3) is 0 Å². The average molecular weight is 372 g/mol. The van der Waals surface area contributed by atoms with Crippen LogP contribution in [0.2, 0.25) is 0 Å². The van der Waals surface area contributed by atoms with Gasteiger partial charge in [0.2, 0.25) is 0 Å². The van der Waals surface area contributed by atoms with Gasteiger partial charge in [-0.1, -0.05) is 36.4 Å². The molecule has 0 aliphatic rings. The molecule has 0 unspecified atom stereocenters. The van der Waals surface area contributed by atoms with Gasteiger partial charge in [-0.25, -0.2) is 4.98 Å². The fourth-order valence-corrected chi connectivity index (χ4v) is 2.71. The van der Waals surface area contributed by atoms with E-state index in [-0.39, 0.29) is 24.8 Å². The number of imidazole rings is 1. The summed E-state index contributed by atoms with van der Waals surface area (Å²) >= 11 is 0. The predicted molar refractivity (Wildman–Crippen MR) is 104 cm³/mol. The summed E-state index contributed by atoms with van der Waals surface area (Å²) in [6, 6.07) is 19.5. The minimum Gasteiger partial charge on any atom is -0.298 e. The van der Waals surface area contributed by atoms with Crippen LogP contribution in [0, 0.1) is 0 Å². The molecule has 0 N–H and O–H groups in total. The highest BCUT2D eigenvalue weighted by atomic mass is 35.5. The molecule has 126 valence electrons. The summed E-state index contributed by atoms with van der Waals surface area (Å²) in [6.07, 6.45) is 4.54. The van der Waals surface area contributed by atoms with Crippen molar-refractivity contribution in [1.82, 2.24) is 14.4 Å². The molecule has 6 heteroatoms. The maximum Gasteiger partial charge on any atom is 0.170 e. The van der Waals surface area contributed by atoms with E-state index in [2.05, 4.69) is 9.97 Å². The molecule has 0 saturated heterocycles. The quantitative estimate of drug-likeness (QED) is 0.489. The summed E-state index contributed by atoms with van der Waals surface area (Å²) in [4.78, 5) is 20.2. The first kappa shape index (κ1) is 18.6. The van der Waals surface area contributed by atoms with E-state index < -0.39 is 0 Å². The van der Waals surface area contributed by atoms with Crippen LogP contribution in [0.4, 0.5) is 0 Å². The van der Waals surface area contributed by atoms with Crippen LogP contribution in [0.1, 0.15) is 10.5 Å². The molecule has 0 aliphatic heterocycles. The third-order valence-corrected chi connectivity index (χ3v) is 3.77. The Bertz CT molecular complexity index is 986. The highest BCUT2D eigenvalue weighted by Gasteiger charge is 2.14. The zero-order valence-corrected chi connectivity index (χ0v) is 14.7. The van der Waals surface area contributed by atoms with Gasteiger partial charge in [0.15, 0.2) is 6.29 Å². The molecule has 0 bridgehead atoms. The standard InChI is InChI=1S/C19H13N3O.2ClH/c23-13-17-19(14-6-2-1-3-7-14)22-12-15(9-10-18(22)21-17)16-8-4-5-11-20-16;;/h1-13H;2*1H.